The minimum atomic E-state index is 0.0246. The zero-order valence-electron chi connectivity index (χ0n) is 6.57. The van der Waals surface area contributed by atoms with Gasteiger partial charge in [-0.2, -0.15) is 5.26 Å². The van der Waals surface area contributed by atoms with Crippen LogP contribution in [0.5, 0.6) is 0 Å². The highest BCUT2D eigenvalue weighted by Gasteiger charge is 1.89. The van der Waals surface area contributed by atoms with Gasteiger partial charge in [0, 0.05) is 0 Å². The molecule has 0 bridgehead atoms. The van der Waals surface area contributed by atoms with E-state index in [-0.39, 0.29) is 7.48 Å². The maximum atomic E-state index is 8.56. The first-order valence-corrected chi connectivity index (χ1v) is 3.64. The van der Waals surface area contributed by atoms with Gasteiger partial charge in [0.25, 0.3) is 7.48 Å². The second kappa shape index (κ2) is 4.37. The molecule has 1 aromatic carbocycles. The molecule has 0 aromatic heterocycles. The predicted molar refractivity (Wildman–Crippen MR) is 49.6 cm³/mol. The van der Waals surface area contributed by atoms with Gasteiger partial charge in [-0.1, -0.05) is 24.2 Å². The number of nitriles is 1. The van der Waals surface area contributed by atoms with Crippen LogP contribution in [0.2, 0.25) is 0 Å². The van der Waals surface area contributed by atoms with E-state index in [9.17, 15) is 0 Å². The van der Waals surface area contributed by atoms with E-state index >= 15 is 0 Å². The van der Waals surface area contributed by atoms with Crippen LogP contribution in [-0.4, -0.2) is 12.5 Å². The monoisotopic (exact) mass is 157 g/mol. The van der Waals surface area contributed by atoms with Crippen LogP contribution >= 0.6 is 0 Å². The van der Waals surface area contributed by atoms with Gasteiger partial charge in [0.2, 0.25) is 0 Å². The van der Waals surface area contributed by atoms with Crippen molar-refractivity contribution in [1.82, 2.24) is 0 Å². The average molecular weight is 157 g/mol. The summed E-state index contributed by atoms with van der Waals surface area (Å²) in [6, 6.07) is 9.26. The van der Waals surface area contributed by atoms with Crippen LogP contribution in [-0.2, 0) is 0 Å². The minimum Gasteiger partial charge on any atom is -0.450 e. The molecule has 0 saturated carbocycles. The van der Waals surface area contributed by atoms with Gasteiger partial charge in [-0.15, -0.1) is 0 Å². The fourth-order valence-corrected chi connectivity index (χ4v) is 0.901. The predicted octanol–water partition coefficient (Wildman–Crippen LogP) is 0.873. The van der Waals surface area contributed by atoms with Crippen molar-refractivity contribution in [2.24, 2.45) is 0 Å². The molecule has 0 radical (unpaired) electrons. The molecular weight excluding hydrogens is 149 g/mol. The molecule has 0 aliphatic rings. The highest BCUT2D eigenvalue weighted by molar-refractivity contribution is 6.34. The molecule has 12 heavy (non-hydrogen) atoms. The Balaban J connectivity index is 2.88. The first-order valence-electron chi connectivity index (χ1n) is 3.64. The summed E-state index contributed by atoms with van der Waals surface area (Å²) >= 11 is 0. The van der Waals surface area contributed by atoms with Crippen LogP contribution in [0.4, 0.5) is 0 Å². The van der Waals surface area contributed by atoms with Crippen LogP contribution < -0.4 is 0 Å². The second-order valence-electron chi connectivity index (χ2n) is 2.32. The standard InChI is InChI=1S/C9H8BNO/c11-7-9-3-1-2-8(6-9)4-5-10-12/h1-6,10,12H. The van der Waals surface area contributed by atoms with Crippen LogP contribution in [0.1, 0.15) is 11.1 Å². The van der Waals surface area contributed by atoms with E-state index in [1.807, 2.05) is 18.2 Å². The van der Waals surface area contributed by atoms with Gasteiger partial charge in [0.15, 0.2) is 0 Å². The van der Waals surface area contributed by atoms with E-state index in [1.165, 1.54) is 0 Å². The quantitative estimate of drug-likeness (QED) is 0.647. The normalized spacial score (nSPS) is 9.67. The van der Waals surface area contributed by atoms with Crippen molar-refractivity contribution >= 4 is 13.6 Å². The lowest BCUT2D eigenvalue weighted by molar-refractivity contribution is 0.615. The fourth-order valence-electron chi connectivity index (χ4n) is 0.901. The summed E-state index contributed by atoms with van der Waals surface area (Å²) in [6.45, 7) is 0. The summed E-state index contributed by atoms with van der Waals surface area (Å²) in [4.78, 5) is 0. The molecule has 2 nitrogen and oxygen atoms in total. The zero-order valence-corrected chi connectivity index (χ0v) is 6.57. The highest BCUT2D eigenvalue weighted by Crippen LogP contribution is 2.05. The Morgan fingerprint density at radius 1 is 1.50 bits per heavy atom. The van der Waals surface area contributed by atoms with Gasteiger partial charge in [0.1, 0.15) is 0 Å². The summed E-state index contributed by atoms with van der Waals surface area (Å²) in [5, 5.41) is 17.1. The van der Waals surface area contributed by atoms with Crippen molar-refractivity contribution in [1.29, 1.82) is 5.26 Å². The molecule has 1 aromatic rings. The first kappa shape index (κ1) is 8.57. The molecule has 0 heterocycles. The Bertz CT molecular complexity index is 328. The lowest BCUT2D eigenvalue weighted by Gasteiger charge is -1.92. The molecule has 3 heteroatoms. The molecule has 58 valence electrons. The molecule has 0 atom stereocenters. The molecular formula is C9H8BNO. The van der Waals surface area contributed by atoms with Crippen molar-refractivity contribution < 1.29 is 5.02 Å². The Morgan fingerprint density at radius 2 is 2.33 bits per heavy atom. The van der Waals surface area contributed by atoms with Crippen molar-refractivity contribution in [3.63, 3.8) is 0 Å². The summed E-state index contributed by atoms with van der Waals surface area (Å²) in [7, 11) is 0.0246. The van der Waals surface area contributed by atoms with Gasteiger partial charge in [-0.3, -0.25) is 0 Å². The maximum Gasteiger partial charge on any atom is 0.297 e. The number of hydrogen-bond acceptors (Lipinski definition) is 2. The van der Waals surface area contributed by atoms with E-state index in [0.717, 1.165) is 5.56 Å². The van der Waals surface area contributed by atoms with E-state index in [0.29, 0.717) is 5.56 Å². The van der Waals surface area contributed by atoms with Gasteiger partial charge in [-0.05, 0) is 17.7 Å². The average Bonchev–Trinajstić information content (AvgIpc) is 2.15. The van der Waals surface area contributed by atoms with Crippen molar-refractivity contribution in [3.05, 3.63) is 41.4 Å². The molecule has 0 amide bonds. The van der Waals surface area contributed by atoms with E-state index in [1.54, 1.807) is 24.2 Å². The zero-order chi connectivity index (χ0) is 8.81. The molecule has 0 fully saturated rings. The van der Waals surface area contributed by atoms with E-state index < -0.39 is 0 Å². The van der Waals surface area contributed by atoms with Crippen molar-refractivity contribution in [2.45, 2.75) is 0 Å². The third kappa shape index (κ3) is 2.26. The van der Waals surface area contributed by atoms with Crippen LogP contribution in [0.3, 0.4) is 0 Å². The molecule has 0 aliphatic carbocycles. The number of rotatable bonds is 2. The van der Waals surface area contributed by atoms with Crippen molar-refractivity contribution in [3.8, 4) is 6.07 Å². The summed E-state index contributed by atoms with van der Waals surface area (Å²) in [5.74, 6) is 1.64. The summed E-state index contributed by atoms with van der Waals surface area (Å²) in [5.41, 5.74) is 1.57. The largest absolute Gasteiger partial charge is 0.450 e. The SMILES string of the molecule is N#Cc1cccc(C=CBO)c1. The topological polar surface area (TPSA) is 44.0 Å². The van der Waals surface area contributed by atoms with Crippen molar-refractivity contribution in [2.75, 3.05) is 0 Å². The molecule has 0 aliphatic heterocycles. The lowest BCUT2D eigenvalue weighted by atomic mass is 10.00. The van der Waals surface area contributed by atoms with Gasteiger partial charge in [-0.25, -0.2) is 0 Å². The van der Waals surface area contributed by atoms with Crippen LogP contribution in [0, 0.1) is 11.3 Å². The number of hydrogen-bond donors (Lipinski definition) is 1. The minimum absolute atomic E-state index is 0.0246. The Labute approximate surface area is 72.0 Å². The van der Waals surface area contributed by atoms with Gasteiger partial charge < -0.3 is 5.02 Å². The van der Waals surface area contributed by atoms with E-state index in [2.05, 4.69) is 0 Å². The third-order valence-electron chi connectivity index (χ3n) is 1.43. The number of benzene rings is 1. The highest BCUT2D eigenvalue weighted by atomic mass is 16.2. The van der Waals surface area contributed by atoms with Gasteiger partial charge in [0.05, 0.1) is 11.6 Å². The summed E-state index contributed by atoms with van der Waals surface area (Å²) < 4.78 is 0. The van der Waals surface area contributed by atoms with Crippen LogP contribution in [0.25, 0.3) is 6.08 Å². The maximum absolute atomic E-state index is 8.56. The van der Waals surface area contributed by atoms with Gasteiger partial charge >= 0.3 is 0 Å². The van der Waals surface area contributed by atoms with Crippen LogP contribution in [0.15, 0.2) is 30.2 Å². The first-order chi connectivity index (χ1) is 5.86. The lowest BCUT2D eigenvalue weighted by Crippen LogP contribution is -1.79. The fraction of sp³-hybridized carbons (Fsp3) is 0. The molecule has 1 rings (SSSR count). The second-order valence-corrected chi connectivity index (χ2v) is 2.32. The Kier molecular flexibility index (Phi) is 3.12. The Hall–Kier alpha value is -1.53. The summed E-state index contributed by atoms with van der Waals surface area (Å²) in [6.07, 6.45) is 1.78. The smallest absolute Gasteiger partial charge is 0.297 e. The molecule has 0 saturated heterocycles. The molecule has 0 spiro atoms. The Morgan fingerprint density at radius 3 is 3.00 bits per heavy atom. The third-order valence-corrected chi connectivity index (χ3v) is 1.43. The molecule has 1 N–H and O–H groups in total. The number of nitrogens with zero attached hydrogens (tertiary/aromatic N) is 1. The van der Waals surface area contributed by atoms with E-state index in [4.69, 9.17) is 10.3 Å². The molecule has 0 unspecified atom stereocenters.